The first-order valence-electron chi connectivity index (χ1n) is 7.11. The molecular weight excluding hydrogens is 311 g/mol. The Balaban J connectivity index is 2.16. The quantitative estimate of drug-likeness (QED) is 0.844. The van der Waals surface area contributed by atoms with Gasteiger partial charge in [-0.2, -0.15) is 0 Å². The lowest BCUT2D eigenvalue weighted by atomic mass is 9.99. The predicted octanol–water partition coefficient (Wildman–Crippen LogP) is 0.524. The van der Waals surface area contributed by atoms with Gasteiger partial charge in [0.25, 0.3) is 0 Å². The molecule has 2 heterocycles. The number of primary sulfonamides is 1. The van der Waals surface area contributed by atoms with E-state index in [9.17, 15) is 12.8 Å². The van der Waals surface area contributed by atoms with Crippen LogP contribution in [0.3, 0.4) is 0 Å². The lowest BCUT2D eigenvalue weighted by molar-refractivity contribution is 0.0476. The van der Waals surface area contributed by atoms with Crippen molar-refractivity contribution < 1.29 is 17.5 Å². The van der Waals surface area contributed by atoms with Crippen LogP contribution in [0.5, 0.6) is 0 Å². The molecule has 1 aromatic heterocycles. The first-order valence-corrected chi connectivity index (χ1v) is 8.72. The van der Waals surface area contributed by atoms with Crippen LogP contribution >= 0.6 is 0 Å². The Morgan fingerprint density at radius 2 is 2.05 bits per heavy atom. The number of hydrogen-bond acceptors (Lipinski definition) is 6. The summed E-state index contributed by atoms with van der Waals surface area (Å²) in [5.74, 6) is -0.249. The average molecular weight is 332 g/mol. The molecule has 124 valence electrons. The van der Waals surface area contributed by atoms with Crippen molar-refractivity contribution in [3.8, 4) is 0 Å². The summed E-state index contributed by atoms with van der Waals surface area (Å²) < 4.78 is 41.9. The van der Waals surface area contributed by atoms with Crippen LogP contribution in [0.2, 0.25) is 0 Å². The lowest BCUT2D eigenvalue weighted by Crippen LogP contribution is -2.50. The summed E-state index contributed by atoms with van der Waals surface area (Å²) in [7, 11) is -3.67. The minimum Gasteiger partial charge on any atom is -0.378 e. The lowest BCUT2D eigenvalue weighted by Gasteiger charge is -2.36. The zero-order valence-corrected chi connectivity index (χ0v) is 13.5. The monoisotopic (exact) mass is 332 g/mol. The molecule has 2 rings (SSSR count). The largest absolute Gasteiger partial charge is 0.378 e. The van der Waals surface area contributed by atoms with E-state index < -0.39 is 21.1 Å². The van der Waals surface area contributed by atoms with Crippen molar-refractivity contribution in [3.63, 3.8) is 0 Å². The summed E-state index contributed by atoms with van der Waals surface area (Å²) in [6, 6.07) is 0. The van der Waals surface area contributed by atoms with Crippen LogP contribution in [-0.4, -0.2) is 49.4 Å². The highest BCUT2D eigenvalue weighted by Gasteiger charge is 2.34. The van der Waals surface area contributed by atoms with Crippen LogP contribution < -0.4 is 10.0 Å². The number of sulfonamides is 1. The summed E-state index contributed by atoms with van der Waals surface area (Å²) in [5, 5.41) is 4.58. The van der Waals surface area contributed by atoms with Gasteiger partial charge in [-0.25, -0.2) is 27.9 Å². The summed E-state index contributed by atoms with van der Waals surface area (Å²) in [4.78, 5) is 9.54. The number of rotatable bonds is 5. The molecule has 1 aliphatic rings. The van der Waals surface area contributed by atoms with Gasteiger partial charge in [-0.05, 0) is 20.3 Å². The Bertz CT molecular complexity index is 594. The molecule has 0 aromatic carbocycles. The van der Waals surface area contributed by atoms with Crippen LogP contribution in [0.15, 0.2) is 12.4 Å². The molecule has 9 heteroatoms. The average Bonchev–Trinajstić information content (AvgIpc) is 2.44. The Morgan fingerprint density at radius 1 is 1.41 bits per heavy atom. The SMILES string of the molecule is CC(C)OC[C@@H]1C[C@@H](S(N)(=O)=O)CN(c2ncc(F)cn2)C1. The molecule has 2 atom stereocenters. The summed E-state index contributed by atoms with van der Waals surface area (Å²) in [5.41, 5.74) is 0. The Labute approximate surface area is 129 Å². The molecule has 22 heavy (non-hydrogen) atoms. The van der Waals surface area contributed by atoms with Gasteiger partial charge in [0.05, 0.1) is 30.4 Å². The molecule has 1 saturated heterocycles. The van der Waals surface area contributed by atoms with Gasteiger partial charge >= 0.3 is 0 Å². The number of hydrogen-bond donors (Lipinski definition) is 1. The van der Waals surface area contributed by atoms with Crippen LogP contribution in [-0.2, 0) is 14.8 Å². The van der Waals surface area contributed by atoms with E-state index in [-0.39, 0.29) is 18.6 Å². The fourth-order valence-corrected chi connectivity index (χ4v) is 3.40. The maximum Gasteiger partial charge on any atom is 0.225 e. The third-order valence-corrected chi connectivity index (χ3v) is 4.79. The number of aromatic nitrogens is 2. The van der Waals surface area contributed by atoms with Crippen molar-refractivity contribution >= 4 is 16.0 Å². The fraction of sp³-hybridized carbons (Fsp3) is 0.692. The predicted molar refractivity (Wildman–Crippen MR) is 80.3 cm³/mol. The third kappa shape index (κ3) is 4.59. The first-order chi connectivity index (χ1) is 10.3. The van der Waals surface area contributed by atoms with E-state index in [1.165, 1.54) is 0 Å². The van der Waals surface area contributed by atoms with E-state index in [1.54, 1.807) is 4.90 Å². The Hall–Kier alpha value is -1.32. The van der Waals surface area contributed by atoms with Crippen LogP contribution in [0.25, 0.3) is 0 Å². The molecule has 2 N–H and O–H groups in total. The van der Waals surface area contributed by atoms with Crippen molar-refractivity contribution in [2.75, 3.05) is 24.6 Å². The van der Waals surface area contributed by atoms with Crippen LogP contribution in [0.4, 0.5) is 10.3 Å². The second-order valence-corrected chi connectivity index (χ2v) is 7.65. The second-order valence-electron chi connectivity index (χ2n) is 5.80. The smallest absolute Gasteiger partial charge is 0.225 e. The number of anilines is 1. The summed E-state index contributed by atoms with van der Waals surface area (Å²) >= 11 is 0. The molecule has 0 amide bonds. The van der Waals surface area contributed by atoms with Crippen molar-refractivity contribution in [2.24, 2.45) is 11.1 Å². The maximum atomic E-state index is 12.9. The highest BCUT2D eigenvalue weighted by Crippen LogP contribution is 2.24. The second kappa shape index (κ2) is 6.84. The van der Waals surface area contributed by atoms with Gasteiger partial charge in [0.15, 0.2) is 5.82 Å². The molecule has 1 aromatic rings. The number of ether oxygens (including phenoxy) is 1. The van der Waals surface area contributed by atoms with E-state index in [1.807, 2.05) is 13.8 Å². The molecule has 0 spiro atoms. The number of nitrogens with two attached hydrogens (primary N) is 1. The molecule has 0 aliphatic carbocycles. The maximum absolute atomic E-state index is 12.9. The Kier molecular flexibility index (Phi) is 5.30. The van der Waals surface area contributed by atoms with Gasteiger partial charge in [-0.3, -0.25) is 0 Å². The van der Waals surface area contributed by atoms with E-state index in [0.717, 1.165) is 12.4 Å². The molecule has 0 bridgehead atoms. The van der Waals surface area contributed by atoms with Crippen molar-refractivity contribution in [1.29, 1.82) is 0 Å². The first kappa shape index (κ1) is 17.0. The topological polar surface area (TPSA) is 98.4 Å². The van der Waals surface area contributed by atoms with Crippen molar-refractivity contribution in [2.45, 2.75) is 31.6 Å². The Morgan fingerprint density at radius 3 is 2.59 bits per heavy atom. The van der Waals surface area contributed by atoms with Crippen molar-refractivity contribution in [3.05, 3.63) is 18.2 Å². The molecule has 7 nitrogen and oxygen atoms in total. The van der Waals surface area contributed by atoms with Gasteiger partial charge in [-0.1, -0.05) is 0 Å². The molecule has 0 radical (unpaired) electrons. The van der Waals surface area contributed by atoms with Gasteiger partial charge < -0.3 is 9.64 Å². The normalized spacial score (nSPS) is 23.0. The minimum absolute atomic E-state index is 0.00636. The van der Waals surface area contributed by atoms with Gasteiger partial charge in [0.1, 0.15) is 0 Å². The van der Waals surface area contributed by atoms with Crippen LogP contribution in [0.1, 0.15) is 20.3 Å². The number of nitrogens with zero attached hydrogens (tertiary/aromatic N) is 3. The minimum atomic E-state index is -3.67. The van der Waals surface area contributed by atoms with Gasteiger partial charge in [-0.15, -0.1) is 0 Å². The highest BCUT2D eigenvalue weighted by molar-refractivity contribution is 7.89. The zero-order valence-electron chi connectivity index (χ0n) is 12.6. The molecular formula is C13H21FN4O3S. The standard InChI is InChI=1S/C13H21FN4O3S/c1-9(2)21-8-10-3-12(22(15,19)20)7-18(6-10)13-16-4-11(14)5-17-13/h4-5,9-10,12H,3,6-8H2,1-2H3,(H2,15,19,20)/t10-,12-/m1/s1. The molecule has 0 unspecified atom stereocenters. The third-order valence-electron chi connectivity index (χ3n) is 3.52. The number of halogens is 1. The van der Waals surface area contributed by atoms with Gasteiger partial charge in [0.2, 0.25) is 16.0 Å². The number of piperidine rings is 1. The zero-order chi connectivity index (χ0) is 16.3. The van der Waals surface area contributed by atoms with E-state index in [4.69, 9.17) is 9.88 Å². The van der Waals surface area contributed by atoms with E-state index in [2.05, 4.69) is 9.97 Å². The molecule has 1 aliphatic heterocycles. The summed E-state index contributed by atoms with van der Waals surface area (Å²) in [6.07, 6.45) is 2.61. The van der Waals surface area contributed by atoms with E-state index >= 15 is 0 Å². The van der Waals surface area contributed by atoms with Crippen LogP contribution in [0, 0.1) is 11.7 Å². The van der Waals surface area contributed by atoms with Crippen molar-refractivity contribution in [1.82, 2.24) is 9.97 Å². The highest BCUT2D eigenvalue weighted by atomic mass is 32.2. The van der Waals surface area contributed by atoms with E-state index in [0.29, 0.717) is 25.5 Å². The molecule has 1 fully saturated rings. The van der Waals surface area contributed by atoms with Gasteiger partial charge in [0, 0.05) is 19.0 Å². The summed E-state index contributed by atoms with van der Waals surface area (Å²) in [6.45, 7) is 5.01. The fourth-order valence-electron chi connectivity index (χ4n) is 2.47. The molecule has 0 saturated carbocycles.